The fraction of sp³-hybridized carbons (Fsp3) is 0. The van der Waals surface area contributed by atoms with Crippen molar-refractivity contribution >= 4 is 18.1 Å². The van der Waals surface area contributed by atoms with Crippen LogP contribution >= 0.6 is 0 Å². The van der Waals surface area contributed by atoms with E-state index >= 15 is 0 Å². The minimum atomic E-state index is -1.44. The molecule has 0 spiro atoms. The van der Waals surface area contributed by atoms with Crippen molar-refractivity contribution in [3.8, 4) is 12.1 Å². The summed E-state index contributed by atoms with van der Waals surface area (Å²) < 4.78 is 0.813. The number of carbonyl (C=O) groups excluding carboxylic acids is 1. The highest BCUT2D eigenvalue weighted by Crippen LogP contribution is 2.06. The van der Waals surface area contributed by atoms with E-state index in [9.17, 15) is 9.59 Å². The molecule has 0 atom stereocenters. The van der Waals surface area contributed by atoms with Gasteiger partial charge in [0.25, 0.3) is 5.91 Å². The van der Waals surface area contributed by atoms with Gasteiger partial charge in [0, 0.05) is 5.56 Å². The summed E-state index contributed by atoms with van der Waals surface area (Å²) in [6.07, 6.45) is 0.898. The van der Waals surface area contributed by atoms with Crippen molar-refractivity contribution in [3.63, 3.8) is 0 Å². The van der Waals surface area contributed by atoms with Crippen LogP contribution in [0.2, 0.25) is 0 Å². The number of hydrogen-bond acceptors (Lipinski definition) is 6. The summed E-state index contributed by atoms with van der Waals surface area (Å²) in [4.78, 5) is 23.2. The van der Waals surface area contributed by atoms with Gasteiger partial charge in [0.15, 0.2) is 5.69 Å². The van der Waals surface area contributed by atoms with Gasteiger partial charge in [-0.2, -0.15) is 10.5 Å². The summed E-state index contributed by atoms with van der Waals surface area (Å²) in [7, 11) is 0. The second-order valence-corrected chi connectivity index (χ2v) is 4.12. The summed E-state index contributed by atoms with van der Waals surface area (Å²) >= 11 is 0. The molecular weight excluding hydrogens is 300 g/mol. The van der Waals surface area contributed by atoms with Crippen molar-refractivity contribution in [1.29, 1.82) is 10.5 Å². The van der Waals surface area contributed by atoms with Crippen LogP contribution in [0.25, 0.3) is 6.20 Å². The lowest BCUT2D eigenvalue weighted by Crippen LogP contribution is -2.27. The third-order valence-electron chi connectivity index (χ3n) is 2.67. The van der Waals surface area contributed by atoms with E-state index in [-0.39, 0.29) is 17.0 Å². The molecule has 1 aromatic carbocycles. The number of nitrogens with zero attached hydrogens (tertiary/aromatic N) is 5. The zero-order valence-corrected chi connectivity index (χ0v) is 11.5. The Kier molecular flexibility index (Phi) is 4.45. The first-order valence-corrected chi connectivity index (χ1v) is 6.13. The summed E-state index contributed by atoms with van der Waals surface area (Å²) in [5.41, 5.74) is -0.746. The molecule has 2 aromatic rings. The van der Waals surface area contributed by atoms with Crippen LogP contribution in [0.4, 0.5) is 0 Å². The molecule has 2 rings (SSSR count). The molecule has 0 aliphatic carbocycles. The molecule has 0 fully saturated rings. The lowest BCUT2D eigenvalue weighted by Gasteiger charge is -2.06. The molecule has 1 amide bonds. The number of carboxylic acids is 1. The van der Waals surface area contributed by atoms with E-state index in [0.717, 1.165) is 10.9 Å². The first-order chi connectivity index (χ1) is 11.1. The zero-order chi connectivity index (χ0) is 16.8. The number of aliphatic carboxylic acids is 1. The van der Waals surface area contributed by atoms with Gasteiger partial charge in [-0.15, -0.1) is 5.10 Å². The highest BCUT2D eigenvalue weighted by molar-refractivity contribution is 6.01. The number of carbonyl (C=O) groups is 2. The van der Waals surface area contributed by atoms with Crippen molar-refractivity contribution in [2.75, 3.05) is 0 Å². The number of carboxylic acid groups (broad SMARTS) is 1. The Labute approximate surface area is 129 Å². The van der Waals surface area contributed by atoms with Crippen LogP contribution in [-0.4, -0.2) is 32.0 Å². The second kappa shape index (κ2) is 6.65. The fourth-order valence-corrected chi connectivity index (χ4v) is 1.61. The largest absolute Gasteiger partial charge is 0.477 e. The van der Waals surface area contributed by atoms with Crippen LogP contribution in [0.15, 0.2) is 36.0 Å². The van der Waals surface area contributed by atoms with Gasteiger partial charge in [0.2, 0.25) is 5.69 Å². The molecule has 0 radical (unpaired) electrons. The van der Waals surface area contributed by atoms with Crippen molar-refractivity contribution < 1.29 is 14.7 Å². The summed E-state index contributed by atoms with van der Waals surface area (Å²) in [5, 5.41) is 36.0. The highest BCUT2D eigenvalue weighted by Gasteiger charge is 2.16. The topological polar surface area (TPSA) is 145 Å². The zero-order valence-electron chi connectivity index (χ0n) is 11.5. The Balaban J connectivity index is 2.35. The molecule has 112 valence electrons. The standard InChI is InChI=1S/C14H8N6O3/c15-6-10-12(7-16)20(19-18-10)8-11(14(22)23)17-13(21)9-4-2-1-3-5-9/h1-5,8H,(H,17,21)(H,22,23)/b11-8+. The average molecular weight is 308 g/mol. The molecule has 1 heterocycles. The molecule has 2 N–H and O–H groups in total. The van der Waals surface area contributed by atoms with Crippen LogP contribution in [-0.2, 0) is 4.79 Å². The smallest absolute Gasteiger partial charge is 0.354 e. The number of amides is 1. The Bertz CT molecular complexity index is 870. The van der Waals surface area contributed by atoms with Gasteiger partial charge in [-0.1, -0.05) is 23.4 Å². The van der Waals surface area contributed by atoms with Crippen LogP contribution in [0, 0.1) is 22.7 Å². The van der Waals surface area contributed by atoms with Crippen LogP contribution < -0.4 is 5.32 Å². The SMILES string of the molecule is N#Cc1nnn(/C=C(/NC(=O)c2ccccc2)C(=O)O)c1C#N. The molecule has 0 saturated heterocycles. The first-order valence-electron chi connectivity index (χ1n) is 6.13. The molecule has 0 bridgehead atoms. The minimum absolute atomic E-state index is 0.236. The van der Waals surface area contributed by atoms with Gasteiger partial charge in [0.1, 0.15) is 17.8 Å². The predicted molar refractivity (Wildman–Crippen MR) is 75.3 cm³/mol. The Morgan fingerprint density at radius 2 is 1.91 bits per heavy atom. The highest BCUT2D eigenvalue weighted by atomic mass is 16.4. The van der Waals surface area contributed by atoms with Gasteiger partial charge in [-0.25, -0.2) is 9.48 Å². The maximum Gasteiger partial charge on any atom is 0.354 e. The van der Waals surface area contributed by atoms with E-state index in [2.05, 4.69) is 15.6 Å². The van der Waals surface area contributed by atoms with Crippen molar-refractivity contribution in [2.24, 2.45) is 0 Å². The normalized spacial score (nSPS) is 10.4. The number of rotatable bonds is 4. The minimum Gasteiger partial charge on any atom is -0.477 e. The monoisotopic (exact) mass is 308 g/mol. The van der Waals surface area contributed by atoms with Crippen LogP contribution in [0.3, 0.4) is 0 Å². The number of aromatic nitrogens is 3. The molecule has 9 nitrogen and oxygen atoms in total. The Hall–Kier alpha value is -3.98. The van der Waals surface area contributed by atoms with Crippen molar-refractivity contribution in [1.82, 2.24) is 20.3 Å². The quantitative estimate of drug-likeness (QED) is 0.774. The molecule has 0 aliphatic heterocycles. The lowest BCUT2D eigenvalue weighted by molar-refractivity contribution is -0.132. The maximum absolute atomic E-state index is 12.0. The summed E-state index contributed by atoms with van der Waals surface area (Å²) in [6, 6.07) is 11.3. The van der Waals surface area contributed by atoms with Gasteiger partial charge >= 0.3 is 5.97 Å². The van der Waals surface area contributed by atoms with E-state index in [0.29, 0.717) is 0 Å². The first kappa shape index (κ1) is 15.4. The molecule has 0 saturated carbocycles. The molecule has 9 heteroatoms. The predicted octanol–water partition coefficient (Wildman–Crippen LogP) is 0.334. The number of nitriles is 2. The molecule has 23 heavy (non-hydrogen) atoms. The summed E-state index contributed by atoms with van der Waals surface area (Å²) in [5.74, 6) is -2.08. The molecular formula is C14H8N6O3. The van der Waals surface area contributed by atoms with E-state index in [1.165, 1.54) is 12.1 Å². The van der Waals surface area contributed by atoms with Gasteiger partial charge < -0.3 is 10.4 Å². The summed E-state index contributed by atoms with van der Waals surface area (Å²) in [6.45, 7) is 0. The van der Waals surface area contributed by atoms with Gasteiger partial charge in [0.05, 0.1) is 6.20 Å². The van der Waals surface area contributed by atoms with Crippen molar-refractivity contribution in [2.45, 2.75) is 0 Å². The van der Waals surface area contributed by atoms with E-state index < -0.39 is 17.6 Å². The Morgan fingerprint density at radius 1 is 1.22 bits per heavy atom. The van der Waals surface area contributed by atoms with Gasteiger partial charge in [-0.05, 0) is 12.1 Å². The van der Waals surface area contributed by atoms with Gasteiger partial charge in [-0.3, -0.25) is 4.79 Å². The van der Waals surface area contributed by atoms with E-state index in [4.69, 9.17) is 15.6 Å². The third kappa shape index (κ3) is 3.37. The van der Waals surface area contributed by atoms with E-state index in [1.54, 1.807) is 30.3 Å². The lowest BCUT2D eigenvalue weighted by atomic mass is 10.2. The fourth-order valence-electron chi connectivity index (χ4n) is 1.61. The molecule has 0 aliphatic rings. The number of hydrogen-bond donors (Lipinski definition) is 2. The average Bonchev–Trinajstić information content (AvgIpc) is 2.96. The molecule has 1 aromatic heterocycles. The van der Waals surface area contributed by atoms with Crippen LogP contribution in [0.1, 0.15) is 21.7 Å². The maximum atomic E-state index is 12.0. The number of benzene rings is 1. The molecule has 0 unspecified atom stereocenters. The second-order valence-electron chi connectivity index (χ2n) is 4.12. The van der Waals surface area contributed by atoms with Crippen molar-refractivity contribution in [3.05, 3.63) is 53.0 Å². The van der Waals surface area contributed by atoms with E-state index in [1.807, 2.05) is 0 Å². The number of nitrogens with one attached hydrogen (secondary N) is 1. The Morgan fingerprint density at radius 3 is 2.48 bits per heavy atom. The third-order valence-corrected chi connectivity index (χ3v) is 2.67. The van der Waals surface area contributed by atoms with Crippen LogP contribution in [0.5, 0.6) is 0 Å².